The largest absolute Gasteiger partial charge is 0.383 e. The van der Waals surface area contributed by atoms with Crippen molar-refractivity contribution in [3.05, 3.63) is 0 Å². The van der Waals surface area contributed by atoms with Crippen LogP contribution < -0.4 is 5.73 Å². The van der Waals surface area contributed by atoms with Gasteiger partial charge in [-0.15, -0.1) is 0 Å². The Morgan fingerprint density at radius 1 is 1.41 bits per heavy atom. The van der Waals surface area contributed by atoms with Gasteiger partial charge in [-0.1, -0.05) is 0 Å². The van der Waals surface area contributed by atoms with Crippen LogP contribution in [0.15, 0.2) is 4.99 Å². The molecule has 1 aliphatic rings. The fraction of sp³-hybridized carbons (Fsp3) is 0.909. The highest BCUT2D eigenvalue weighted by Gasteiger charge is 2.11. The SMILES string of the molecule is COCCN(C)CCN=C(N)N1CCOCC1. The van der Waals surface area contributed by atoms with Crippen molar-refractivity contribution in [3.63, 3.8) is 0 Å². The number of rotatable bonds is 6. The predicted octanol–water partition coefficient (Wildman–Crippen LogP) is -0.788. The van der Waals surface area contributed by atoms with E-state index in [4.69, 9.17) is 15.2 Å². The molecular weight excluding hydrogens is 220 g/mol. The van der Waals surface area contributed by atoms with Gasteiger partial charge in [0, 0.05) is 33.3 Å². The fourth-order valence-electron chi connectivity index (χ4n) is 1.59. The normalized spacial score (nSPS) is 17.8. The maximum atomic E-state index is 5.91. The van der Waals surface area contributed by atoms with Crippen molar-refractivity contribution in [2.45, 2.75) is 0 Å². The first-order valence-electron chi connectivity index (χ1n) is 6.04. The molecule has 0 aliphatic carbocycles. The first-order valence-corrected chi connectivity index (χ1v) is 6.04. The van der Waals surface area contributed by atoms with Gasteiger partial charge in [-0.3, -0.25) is 4.99 Å². The summed E-state index contributed by atoms with van der Waals surface area (Å²) in [6, 6.07) is 0. The maximum Gasteiger partial charge on any atom is 0.191 e. The van der Waals surface area contributed by atoms with E-state index in [2.05, 4.69) is 21.8 Å². The maximum absolute atomic E-state index is 5.91. The van der Waals surface area contributed by atoms with Gasteiger partial charge in [-0.05, 0) is 7.05 Å². The molecule has 0 radical (unpaired) electrons. The summed E-state index contributed by atoms with van der Waals surface area (Å²) < 4.78 is 10.3. The number of ether oxygens (including phenoxy) is 2. The van der Waals surface area contributed by atoms with Crippen LogP contribution in [-0.2, 0) is 9.47 Å². The summed E-state index contributed by atoms with van der Waals surface area (Å²) in [5, 5.41) is 0. The minimum Gasteiger partial charge on any atom is -0.383 e. The van der Waals surface area contributed by atoms with E-state index in [1.54, 1.807) is 7.11 Å². The average Bonchev–Trinajstić information content (AvgIpc) is 2.37. The zero-order chi connectivity index (χ0) is 12.5. The quantitative estimate of drug-likeness (QED) is 0.490. The molecule has 1 heterocycles. The van der Waals surface area contributed by atoms with Gasteiger partial charge in [-0.2, -0.15) is 0 Å². The molecule has 17 heavy (non-hydrogen) atoms. The van der Waals surface area contributed by atoms with Gasteiger partial charge in [0.15, 0.2) is 5.96 Å². The van der Waals surface area contributed by atoms with E-state index < -0.39 is 0 Å². The van der Waals surface area contributed by atoms with E-state index in [9.17, 15) is 0 Å². The van der Waals surface area contributed by atoms with Crippen LogP contribution in [0.4, 0.5) is 0 Å². The molecule has 0 aromatic carbocycles. The topological polar surface area (TPSA) is 63.3 Å². The Morgan fingerprint density at radius 3 is 2.76 bits per heavy atom. The van der Waals surface area contributed by atoms with E-state index in [0.717, 1.165) is 52.5 Å². The van der Waals surface area contributed by atoms with Crippen molar-refractivity contribution in [2.75, 3.05) is 66.7 Å². The van der Waals surface area contributed by atoms with E-state index >= 15 is 0 Å². The van der Waals surface area contributed by atoms with E-state index in [-0.39, 0.29) is 0 Å². The molecular formula is C11H24N4O2. The van der Waals surface area contributed by atoms with E-state index in [1.165, 1.54) is 0 Å². The Kier molecular flexibility index (Phi) is 6.91. The molecule has 1 rings (SSSR count). The summed E-state index contributed by atoms with van der Waals surface area (Å²) in [6.07, 6.45) is 0. The molecule has 100 valence electrons. The van der Waals surface area contributed by atoms with Crippen molar-refractivity contribution in [3.8, 4) is 0 Å². The smallest absolute Gasteiger partial charge is 0.191 e. The van der Waals surface area contributed by atoms with Crippen molar-refractivity contribution in [2.24, 2.45) is 10.7 Å². The molecule has 0 spiro atoms. The third-order valence-corrected chi connectivity index (χ3v) is 2.77. The van der Waals surface area contributed by atoms with Gasteiger partial charge < -0.3 is 25.0 Å². The number of aliphatic imine (C=N–C) groups is 1. The number of likely N-dealkylation sites (N-methyl/N-ethyl adjacent to an activating group) is 1. The second-order valence-corrected chi connectivity index (χ2v) is 4.14. The first-order chi connectivity index (χ1) is 8.24. The van der Waals surface area contributed by atoms with Gasteiger partial charge in [-0.25, -0.2) is 0 Å². The molecule has 2 N–H and O–H groups in total. The van der Waals surface area contributed by atoms with Crippen LogP contribution in [0, 0.1) is 0 Å². The highest BCUT2D eigenvalue weighted by Crippen LogP contribution is 1.96. The Morgan fingerprint density at radius 2 is 2.12 bits per heavy atom. The zero-order valence-corrected chi connectivity index (χ0v) is 10.9. The summed E-state index contributed by atoms with van der Waals surface area (Å²) in [5.74, 6) is 0.633. The van der Waals surface area contributed by atoms with Crippen LogP contribution >= 0.6 is 0 Å². The molecule has 1 fully saturated rings. The average molecular weight is 244 g/mol. The first kappa shape index (κ1) is 14.2. The summed E-state index contributed by atoms with van der Waals surface area (Å²) in [4.78, 5) is 8.63. The van der Waals surface area contributed by atoms with Gasteiger partial charge in [0.2, 0.25) is 0 Å². The summed E-state index contributed by atoms with van der Waals surface area (Å²) >= 11 is 0. The molecule has 0 aromatic rings. The highest BCUT2D eigenvalue weighted by atomic mass is 16.5. The Bertz CT molecular complexity index is 230. The van der Waals surface area contributed by atoms with E-state index in [0.29, 0.717) is 5.96 Å². The number of morpholine rings is 1. The minimum atomic E-state index is 0.633. The lowest BCUT2D eigenvalue weighted by atomic mass is 10.4. The van der Waals surface area contributed by atoms with Gasteiger partial charge in [0.05, 0.1) is 26.4 Å². The molecule has 0 amide bonds. The van der Waals surface area contributed by atoms with Gasteiger partial charge in [0.1, 0.15) is 0 Å². The molecule has 6 heteroatoms. The number of hydrogen-bond donors (Lipinski definition) is 1. The van der Waals surface area contributed by atoms with Crippen molar-refractivity contribution in [1.29, 1.82) is 0 Å². The highest BCUT2D eigenvalue weighted by molar-refractivity contribution is 5.78. The van der Waals surface area contributed by atoms with Crippen LogP contribution in [0.3, 0.4) is 0 Å². The molecule has 0 atom stereocenters. The lowest BCUT2D eigenvalue weighted by Gasteiger charge is -2.27. The van der Waals surface area contributed by atoms with Crippen LogP contribution in [0.25, 0.3) is 0 Å². The van der Waals surface area contributed by atoms with Crippen LogP contribution in [0.1, 0.15) is 0 Å². The Labute approximate surface area is 103 Å². The van der Waals surface area contributed by atoms with E-state index in [1.807, 2.05) is 0 Å². The van der Waals surface area contributed by atoms with Crippen LogP contribution in [0.2, 0.25) is 0 Å². The number of guanidine groups is 1. The summed E-state index contributed by atoms with van der Waals surface area (Å²) in [7, 11) is 3.77. The minimum absolute atomic E-state index is 0.633. The third kappa shape index (κ3) is 5.86. The zero-order valence-electron chi connectivity index (χ0n) is 10.9. The molecule has 1 saturated heterocycles. The number of nitrogens with zero attached hydrogens (tertiary/aromatic N) is 3. The van der Waals surface area contributed by atoms with Gasteiger partial charge in [0.25, 0.3) is 0 Å². The van der Waals surface area contributed by atoms with Crippen molar-refractivity contribution >= 4 is 5.96 Å². The Hall–Kier alpha value is -0.850. The molecule has 0 unspecified atom stereocenters. The fourth-order valence-corrected chi connectivity index (χ4v) is 1.59. The van der Waals surface area contributed by atoms with Gasteiger partial charge >= 0.3 is 0 Å². The number of hydrogen-bond acceptors (Lipinski definition) is 4. The van der Waals surface area contributed by atoms with Crippen LogP contribution in [-0.4, -0.2) is 82.5 Å². The molecule has 0 saturated carbocycles. The second-order valence-electron chi connectivity index (χ2n) is 4.14. The monoisotopic (exact) mass is 244 g/mol. The lowest BCUT2D eigenvalue weighted by Crippen LogP contribution is -2.45. The molecule has 0 bridgehead atoms. The summed E-state index contributed by atoms with van der Waals surface area (Å²) in [5.41, 5.74) is 5.91. The standard InChI is InChI=1S/C11H24N4O2/c1-14(5-8-16-2)4-3-13-11(12)15-6-9-17-10-7-15/h3-10H2,1-2H3,(H2,12,13). The number of nitrogens with two attached hydrogens (primary N) is 1. The summed E-state index contributed by atoms with van der Waals surface area (Å²) in [6.45, 7) is 6.46. The number of methoxy groups -OCH3 is 1. The van der Waals surface area contributed by atoms with Crippen LogP contribution in [0.5, 0.6) is 0 Å². The molecule has 6 nitrogen and oxygen atoms in total. The molecule has 0 aromatic heterocycles. The second kappa shape index (κ2) is 8.27. The Balaban J connectivity index is 2.17. The predicted molar refractivity (Wildman–Crippen MR) is 68.3 cm³/mol. The van der Waals surface area contributed by atoms with Crippen molar-refractivity contribution in [1.82, 2.24) is 9.80 Å². The molecule has 1 aliphatic heterocycles. The lowest BCUT2D eigenvalue weighted by molar-refractivity contribution is 0.0674. The third-order valence-electron chi connectivity index (χ3n) is 2.77. The van der Waals surface area contributed by atoms with Crippen molar-refractivity contribution < 1.29 is 9.47 Å².